The molecule has 0 bridgehead atoms. The second-order valence-corrected chi connectivity index (χ2v) is 5.87. The highest BCUT2D eigenvalue weighted by Gasteiger charge is 2.32. The van der Waals surface area contributed by atoms with Gasteiger partial charge in [0.15, 0.2) is 0 Å². The van der Waals surface area contributed by atoms with Crippen LogP contribution in [0.5, 0.6) is 0 Å². The van der Waals surface area contributed by atoms with E-state index in [0.29, 0.717) is 38.4 Å². The number of alkyl halides is 1. The lowest BCUT2D eigenvalue weighted by Gasteiger charge is -2.24. The van der Waals surface area contributed by atoms with E-state index < -0.39 is 6.17 Å². The number of aromatic nitrogens is 2. The predicted molar refractivity (Wildman–Crippen MR) is 82.0 cm³/mol. The number of furan rings is 1. The van der Waals surface area contributed by atoms with Gasteiger partial charge in [-0.25, -0.2) is 4.39 Å². The van der Waals surface area contributed by atoms with Gasteiger partial charge in [0.05, 0.1) is 12.2 Å². The van der Waals surface area contributed by atoms with Crippen LogP contribution in [0.1, 0.15) is 23.6 Å². The summed E-state index contributed by atoms with van der Waals surface area (Å²) in [4.78, 5) is 2.15. The summed E-state index contributed by atoms with van der Waals surface area (Å²) >= 11 is 0. The summed E-state index contributed by atoms with van der Waals surface area (Å²) in [5.41, 5.74) is 1.08. The summed E-state index contributed by atoms with van der Waals surface area (Å²) in [5, 5.41) is 16.2. The maximum absolute atomic E-state index is 13.8. The van der Waals surface area contributed by atoms with Crippen LogP contribution < -0.4 is 5.32 Å². The van der Waals surface area contributed by atoms with Gasteiger partial charge in [-0.1, -0.05) is 0 Å². The van der Waals surface area contributed by atoms with E-state index in [9.17, 15) is 4.39 Å². The van der Waals surface area contributed by atoms with E-state index in [1.807, 2.05) is 23.9 Å². The molecule has 0 aliphatic carbocycles. The SMILES string of the molecule is Cn1nccc1CN1C[C@@H](F)C[C@H]1CNCc1ccc(C#N)o1. The molecule has 0 unspecified atom stereocenters. The van der Waals surface area contributed by atoms with Crippen molar-refractivity contribution in [2.24, 2.45) is 7.05 Å². The molecule has 1 N–H and O–H groups in total. The van der Waals surface area contributed by atoms with Crippen LogP contribution in [-0.4, -0.2) is 40.0 Å². The molecule has 0 aromatic carbocycles. The molecule has 0 spiro atoms. The minimum atomic E-state index is -0.788. The van der Waals surface area contributed by atoms with Crippen LogP contribution in [0.25, 0.3) is 0 Å². The van der Waals surface area contributed by atoms with Crippen molar-refractivity contribution in [3.05, 3.63) is 41.6 Å². The molecule has 3 rings (SSSR count). The van der Waals surface area contributed by atoms with E-state index in [4.69, 9.17) is 9.68 Å². The quantitative estimate of drug-likeness (QED) is 0.876. The molecule has 2 aromatic heterocycles. The molecule has 7 heteroatoms. The summed E-state index contributed by atoms with van der Waals surface area (Å²) in [6.45, 7) is 2.37. The Morgan fingerprint density at radius 3 is 3.04 bits per heavy atom. The lowest BCUT2D eigenvalue weighted by Crippen LogP contribution is -2.37. The maximum atomic E-state index is 13.8. The standard InChI is InChI=1S/C16H20FN5O/c1-21-13(4-5-20-21)11-22-10-12(17)6-14(22)8-19-9-16-3-2-15(7-18)23-16/h2-5,12,14,19H,6,8-11H2,1H3/t12-,14-/m0/s1. The van der Waals surface area contributed by atoms with Crippen LogP contribution in [0.3, 0.4) is 0 Å². The molecule has 6 nitrogen and oxygen atoms in total. The van der Waals surface area contributed by atoms with Crippen LogP contribution in [0.4, 0.5) is 4.39 Å². The molecule has 1 aliphatic heterocycles. The average molecular weight is 317 g/mol. The van der Waals surface area contributed by atoms with Gasteiger partial charge in [-0.2, -0.15) is 10.4 Å². The summed E-state index contributed by atoms with van der Waals surface area (Å²) in [5.74, 6) is 1.03. The van der Waals surface area contributed by atoms with Crippen LogP contribution in [0.15, 0.2) is 28.8 Å². The molecular formula is C16H20FN5O. The topological polar surface area (TPSA) is 70.0 Å². The van der Waals surface area contributed by atoms with E-state index in [-0.39, 0.29) is 6.04 Å². The Hall–Kier alpha value is -2.17. The molecule has 3 heterocycles. The summed E-state index contributed by atoms with van der Waals surface area (Å²) in [7, 11) is 1.90. The summed E-state index contributed by atoms with van der Waals surface area (Å²) in [6, 6.07) is 7.50. The number of likely N-dealkylation sites (tertiary alicyclic amines) is 1. The fraction of sp³-hybridized carbons (Fsp3) is 0.500. The first-order valence-electron chi connectivity index (χ1n) is 7.70. The third-order valence-electron chi connectivity index (χ3n) is 4.22. The molecule has 0 amide bonds. The van der Waals surface area contributed by atoms with Crippen LogP contribution in [0, 0.1) is 11.3 Å². The molecule has 1 aliphatic rings. The van der Waals surface area contributed by atoms with Crippen molar-refractivity contribution in [1.82, 2.24) is 20.0 Å². The molecule has 1 saturated heterocycles. The first-order chi connectivity index (χ1) is 11.2. The zero-order chi connectivity index (χ0) is 16.2. The first-order valence-corrected chi connectivity index (χ1v) is 7.70. The van der Waals surface area contributed by atoms with Crippen LogP contribution in [-0.2, 0) is 20.1 Å². The molecule has 2 atom stereocenters. The Bertz CT molecular complexity index is 689. The molecule has 1 fully saturated rings. The number of halogens is 1. The first kappa shape index (κ1) is 15.7. The van der Waals surface area contributed by atoms with Crippen molar-refractivity contribution < 1.29 is 8.81 Å². The fourth-order valence-corrected chi connectivity index (χ4v) is 2.99. The summed E-state index contributed by atoms with van der Waals surface area (Å²) < 4.78 is 21.0. The molecule has 0 saturated carbocycles. The largest absolute Gasteiger partial charge is 0.449 e. The molecule has 2 aromatic rings. The van der Waals surface area contributed by atoms with Crippen molar-refractivity contribution >= 4 is 0 Å². The van der Waals surface area contributed by atoms with Crippen molar-refractivity contribution in [3.63, 3.8) is 0 Å². The second kappa shape index (κ2) is 6.94. The van der Waals surface area contributed by atoms with E-state index in [1.165, 1.54) is 0 Å². The van der Waals surface area contributed by atoms with Gasteiger partial charge in [0.25, 0.3) is 0 Å². The number of aryl methyl sites for hydroxylation is 1. The zero-order valence-corrected chi connectivity index (χ0v) is 13.1. The number of nitrogens with zero attached hydrogens (tertiary/aromatic N) is 4. The number of nitrogens with one attached hydrogen (secondary N) is 1. The van der Waals surface area contributed by atoms with Crippen molar-refractivity contribution in [2.45, 2.75) is 31.7 Å². The fourth-order valence-electron chi connectivity index (χ4n) is 2.99. The highest BCUT2D eigenvalue weighted by molar-refractivity contribution is 5.18. The number of nitriles is 1. The highest BCUT2D eigenvalue weighted by Crippen LogP contribution is 2.22. The Labute approximate surface area is 134 Å². The smallest absolute Gasteiger partial charge is 0.203 e. The number of hydrogen-bond acceptors (Lipinski definition) is 5. The van der Waals surface area contributed by atoms with Crippen molar-refractivity contribution in [3.8, 4) is 6.07 Å². The maximum Gasteiger partial charge on any atom is 0.203 e. The van der Waals surface area contributed by atoms with Gasteiger partial charge in [0, 0.05) is 38.9 Å². The van der Waals surface area contributed by atoms with Gasteiger partial charge in [-0.15, -0.1) is 0 Å². The normalized spacial score (nSPS) is 21.6. The van der Waals surface area contributed by atoms with Gasteiger partial charge in [-0.3, -0.25) is 9.58 Å². The van der Waals surface area contributed by atoms with E-state index >= 15 is 0 Å². The monoisotopic (exact) mass is 317 g/mol. The van der Waals surface area contributed by atoms with Gasteiger partial charge >= 0.3 is 0 Å². The predicted octanol–water partition coefficient (Wildman–Crippen LogP) is 1.59. The van der Waals surface area contributed by atoms with Gasteiger partial charge in [0.1, 0.15) is 18.0 Å². The number of hydrogen-bond donors (Lipinski definition) is 1. The van der Waals surface area contributed by atoms with Gasteiger partial charge in [0.2, 0.25) is 5.76 Å². The van der Waals surface area contributed by atoms with Crippen LogP contribution in [0.2, 0.25) is 0 Å². The lowest BCUT2D eigenvalue weighted by molar-refractivity contribution is 0.223. The Kier molecular flexibility index (Phi) is 4.74. The van der Waals surface area contributed by atoms with E-state index in [2.05, 4.69) is 15.3 Å². The van der Waals surface area contributed by atoms with E-state index in [1.54, 1.807) is 18.3 Å². The second-order valence-electron chi connectivity index (χ2n) is 5.87. The average Bonchev–Trinajstić information content (AvgIpc) is 3.22. The highest BCUT2D eigenvalue weighted by atomic mass is 19.1. The lowest BCUT2D eigenvalue weighted by atomic mass is 10.2. The van der Waals surface area contributed by atoms with Crippen LogP contribution >= 0.6 is 0 Å². The summed E-state index contributed by atoms with van der Waals surface area (Å²) in [6.07, 6.45) is 1.51. The van der Waals surface area contributed by atoms with Crippen molar-refractivity contribution in [2.75, 3.05) is 13.1 Å². The molecule has 23 heavy (non-hydrogen) atoms. The number of rotatable bonds is 6. The third kappa shape index (κ3) is 3.78. The molecule has 0 radical (unpaired) electrons. The van der Waals surface area contributed by atoms with Gasteiger partial charge < -0.3 is 9.73 Å². The third-order valence-corrected chi connectivity index (χ3v) is 4.22. The molecule has 122 valence electrons. The van der Waals surface area contributed by atoms with Gasteiger partial charge in [-0.05, 0) is 24.6 Å². The Morgan fingerprint density at radius 1 is 1.48 bits per heavy atom. The minimum absolute atomic E-state index is 0.144. The molecular weight excluding hydrogens is 297 g/mol. The van der Waals surface area contributed by atoms with Crippen molar-refractivity contribution in [1.29, 1.82) is 5.26 Å². The minimum Gasteiger partial charge on any atom is -0.449 e. The Balaban J connectivity index is 1.53. The Morgan fingerprint density at radius 2 is 2.35 bits per heavy atom. The zero-order valence-electron chi connectivity index (χ0n) is 13.1. The van der Waals surface area contributed by atoms with E-state index in [0.717, 1.165) is 11.5 Å².